The first-order valence-electron chi connectivity index (χ1n) is 4.68. The average Bonchev–Trinajstić information content (AvgIpc) is 2.30. The summed E-state index contributed by atoms with van der Waals surface area (Å²) in [5.41, 5.74) is 6.86. The molecule has 16 heavy (non-hydrogen) atoms. The van der Waals surface area contributed by atoms with E-state index in [1.807, 2.05) is 0 Å². The molecule has 2 aromatic heterocycles. The predicted molar refractivity (Wildman–Crippen MR) is 62.0 cm³/mol. The smallest absolute Gasteiger partial charge is 0.129 e. The van der Waals surface area contributed by atoms with Gasteiger partial charge in [-0.2, -0.15) is 0 Å². The highest BCUT2D eigenvalue weighted by atomic mass is 35.5. The molecule has 0 amide bonds. The molecule has 0 saturated heterocycles. The summed E-state index contributed by atoms with van der Waals surface area (Å²) in [6.07, 6.45) is 2.25. The van der Waals surface area contributed by atoms with Gasteiger partial charge in [0.1, 0.15) is 17.1 Å². The molecule has 0 bridgehead atoms. The van der Waals surface area contributed by atoms with Crippen LogP contribution in [0, 0.1) is 0 Å². The van der Waals surface area contributed by atoms with E-state index in [1.54, 1.807) is 30.5 Å². The van der Waals surface area contributed by atoms with E-state index in [1.165, 1.54) is 6.20 Å². The molecule has 2 rings (SSSR count). The molecule has 0 aliphatic heterocycles. The van der Waals surface area contributed by atoms with Crippen LogP contribution < -0.4 is 5.73 Å². The molecule has 0 aliphatic carbocycles. The van der Waals surface area contributed by atoms with E-state index in [-0.39, 0.29) is 0 Å². The van der Waals surface area contributed by atoms with Gasteiger partial charge in [0.2, 0.25) is 0 Å². The number of aromatic nitrogens is 2. The molecule has 3 N–H and O–H groups in total. The van der Waals surface area contributed by atoms with Crippen LogP contribution in [0.2, 0.25) is 5.15 Å². The zero-order valence-corrected chi connectivity index (χ0v) is 9.09. The first-order chi connectivity index (χ1) is 7.68. The molecule has 0 aliphatic rings. The summed E-state index contributed by atoms with van der Waals surface area (Å²) in [6.45, 7) is 0. The van der Waals surface area contributed by atoms with Crippen LogP contribution in [0.5, 0.6) is 0 Å². The second-order valence-electron chi connectivity index (χ2n) is 3.29. The zero-order chi connectivity index (χ0) is 11.5. The molecule has 0 fully saturated rings. The molecule has 4 nitrogen and oxygen atoms in total. The Labute approximate surface area is 97.7 Å². The maximum absolute atomic E-state index is 10.1. The Morgan fingerprint density at radius 3 is 2.69 bits per heavy atom. The first kappa shape index (κ1) is 10.9. The van der Waals surface area contributed by atoms with Crippen LogP contribution in [0.15, 0.2) is 36.7 Å². The van der Waals surface area contributed by atoms with Crippen LogP contribution in [-0.2, 0) is 0 Å². The lowest BCUT2D eigenvalue weighted by Gasteiger charge is -2.12. The largest absolute Gasteiger partial charge is 0.383 e. The van der Waals surface area contributed by atoms with Crippen molar-refractivity contribution in [1.82, 2.24) is 9.97 Å². The van der Waals surface area contributed by atoms with Crippen molar-refractivity contribution in [3.8, 4) is 0 Å². The Morgan fingerprint density at radius 2 is 2.06 bits per heavy atom. The van der Waals surface area contributed by atoms with Crippen molar-refractivity contribution >= 4 is 17.4 Å². The van der Waals surface area contributed by atoms with Crippen LogP contribution in [0.4, 0.5) is 5.82 Å². The predicted octanol–water partition coefficient (Wildman–Crippen LogP) is 1.79. The third kappa shape index (κ3) is 2.13. The number of hydrogen-bond donors (Lipinski definition) is 2. The normalized spacial score (nSPS) is 12.4. The Hall–Kier alpha value is -1.65. The number of nitrogens with zero attached hydrogens (tertiary/aromatic N) is 2. The fraction of sp³-hybridized carbons (Fsp3) is 0.0909. The number of hydrogen-bond acceptors (Lipinski definition) is 4. The quantitative estimate of drug-likeness (QED) is 0.779. The highest BCUT2D eigenvalue weighted by molar-refractivity contribution is 6.29. The summed E-state index contributed by atoms with van der Waals surface area (Å²) >= 11 is 5.66. The molecule has 1 unspecified atom stereocenters. The number of aliphatic hydroxyl groups is 1. The third-order valence-electron chi connectivity index (χ3n) is 2.23. The minimum absolute atomic E-state index is 0.310. The van der Waals surface area contributed by atoms with E-state index in [2.05, 4.69) is 9.97 Å². The van der Waals surface area contributed by atoms with Gasteiger partial charge in [-0.25, -0.2) is 9.97 Å². The highest BCUT2D eigenvalue weighted by Crippen LogP contribution is 2.24. The summed E-state index contributed by atoms with van der Waals surface area (Å²) in [6, 6.07) is 6.76. The van der Waals surface area contributed by atoms with Crippen molar-refractivity contribution in [2.45, 2.75) is 6.10 Å². The molecular formula is C11H10ClN3O. The first-order valence-corrected chi connectivity index (χ1v) is 5.06. The molecule has 0 saturated carbocycles. The Morgan fingerprint density at radius 1 is 1.25 bits per heavy atom. The molecule has 2 heterocycles. The van der Waals surface area contributed by atoms with Crippen molar-refractivity contribution in [3.63, 3.8) is 0 Å². The minimum Gasteiger partial charge on any atom is -0.383 e. The summed E-state index contributed by atoms with van der Waals surface area (Å²) in [7, 11) is 0. The fourth-order valence-electron chi connectivity index (χ4n) is 1.39. The molecule has 5 heteroatoms. The number of pyridine rings is 2. The maximum Gasteiger partial charge on any atom is 0.129 e. The van der Waals surface area contributed by atoms with Crippen LogP contribution in [-0.4, -0.2) is 15.1 Å². The fourth-order valence-corrected chi connectivity index (χ4v) is 1.50. The van der Waals surface area contributed by atoms with Gasteiger partial charge >= 0.3 is 0 Å². The van der Waals surface area contributed by atoms with E-state index in [0.29, 0.717) is 22.1 Å². The van der Waals surface area contributed by atoms with Gasteiger partial charge < -0.3 is 10.8 Å². The van der Waals surface area contributed by atoms with Gasteiger partial charge in [0.15, 0.2) is 0 Å². The van der Waals surface area contributed by atoms with Gasteiger partial charge in [0, 0.05) is 23.5 Å². The van der Waals surface area contributed by atoms with E-state index in [4.69, 9.17) is 17.3 Å². The van der Waals surface area contributed by atoms with E-state index < -0.39 is 6.10 Å². The van der Waals surface area contributed by atoms with Gasteiger partial charge in [-0.1, -0.05) is 23.7 Å². The van der Waals surface area contributed by atoms with Gasteiger partial charge in [-0.15, -0.1) is 0 Å². The zero-order valence-electron chi connectivity index (χ0n) is 8.34. The highest BCUT2D eigenvalue weighted by Gasteiger charge is 2.13. The average molecular weight is 236 g/mol. The molecular weight excluding hydrogens is 226 g/mol. The molecule has 82 valence electrons. The number of anilines is 1. The second kappa shape index (κ2) is 4.47. The van der Waals surface area contributed by atoms with Crippen LogP contribution in [0.1, 0.15) is 17.2 Å². The van der Waals surface area contributed by atoms with Crippen molar-refractivity contribution < 1.29 is 5.11 Å². The van der Waals surface area contributed by atoms with Crippen LogP contribution in [0.25, 0.3) is 0 Å². The van der Waals surface area contributed by atoms with E-state index in [9.17, 15) is 5.11 Å². The molecule has 0 aromatic carbocycles. The van der Waals surface area contributed by atoms with E-state index in [0.717, 1.165) is 0 Å². The Bertz CT molecular complexity index is 487. The number of nitrogens with two attached hydrogens (primary N) is 1. The molecule has 1 atom stereocenters. The van der Waals surface area contributed by atoms with Crippen molar-refractivity contribution in [3.05, 3.63) is 52.9 Å². The van der Waals surface area contributed by atoms with Gasteiger partial charge in [0.05, 0.1) is 0 Å². The molecule has 0 radical (unpaired) electrons. The SMILES string of the molecule is Nc1ncccc1C(O)c1ccc(Cl)nc1. The minimum atomic E-state index is -0.835. The third-order valence-corrected chi connectivity index (χ3v) is 2.46. The van der Waals surface area contributed by atoms with Crippen LogP contribution >= 0.6 is 11.6 Å². The summed E-state index contributed by atoms with van der Waals surface area (Å²) in [5.74, 6) is 0.310. The van der Waals surface area contributed by atoms with Crippen LogP contribution in [0.3, 0.4) is 0 Å². The number of rotatable bonds is 2. The second-order valence-corrected chi connectivity index (χ2v) is 3.68. The van der Waals surface area contributed by atoms with Crippen molar-refractivity contribution in [1.29, 1.82) is 0 Å². The van der Waals surface area contributed by atoms with Crippen molar-refractivity contribution in [2.75, 3.05) is 5.73 Å². The van der Waals surface area contributed by atoms with Gasteiger partial charge in [0.25, 0.3) is 0 Å². The molecule has 0 spiro atoms. The lowest BCUT2D eigenvalue weighted by Crippen LogP contribution is -2.05. The lowest BCUT2D eigenvalue weighted by atomic mass is 10.0. The topological polar surface area (TPSA) is 72.0 Å². The van der Waals surface area contributed by atoms with Gasteiger partial charge in [-0.3, -0.25) is 0 Å². The standard InChI is InChI=1S/C11H10ClN3O/c12-9-4-3-7(6-15-9)10(16)8-2-1-5-14-11(8)13/h1-6,10,16H,(H2,13,14). The number of halogens is 1. The van der Waals surface area contributed by atoms with Gasteiger partial charge in [-0.05, 0) is 12.1 Å². The monoisotopic (exact) mass is 235 g/mol. The number of nitrogen functional groups attached to an aromatic ring is 1. The molecule has 2 aromatic rings. The Kier molecular flexibility index (Phi) is 3.03. The summed E-state index contributed by atoms with van der Waals surface area (Å²) in [5, 5.41) is 10.4. The summed E-state index contributed by atoms with van der Waals surface area (Å²) < 4.78 is 0. The number of aliphatic hydroxyl groups excluding tert-OH is 1. The summed E-state index contributed by atoms with van der Waals surface area (Å²) in [4.78, 5) is 7.81. The van der Waals surface area contributed by atoms with Crippen molar-refractivity contribution in [2.24, 2.45) is 0 Å². The maximum atomic E-state index is 10.1. The van der Waals surface area contributed by atoms with E-state index >= 15 is 0 Å². The lowest BCUT2D eigenvalue weighted by molar-refractivity contribution is 0.220. The Balaban J connectivity index is 2.35.